The van der Waals surface area contributed by atoms with E-state index in [2.05, 4.69) is 10.6 Å². The van der Waals surface area contributed by atoms with E-state index < -0.39 is 30.0 Å². The second-order valence-corrected chi connectivity index (χ2v) is 4.73. The quantitative estimate of drug-likeness (QED) is 0.617. The Morgan fingerprint density at radius 2 is 2.05 bits per heavy atom. The van der Waals surface area contributed by atoms with E-state index in [9.17, 15) is 14.4 Å². The first-order valence-corrected chi connectivity index (χ1v) is 6.50. The van der Waals surface area contributed by atoms with Gasteiger partial charge in [0.15, 0.2) is 0 Å². The number of nitrogens with one attached hydrogen (secondary N) is 2. The van der Waals surface area contributed by atoms with Gasteiger partial charge in [0.25, 0.3) is 0 Å². The first-order valence-electron chi connectivity index (χ1n) is 6.50. The summed E-state index contributed by atoms with van der Waals surface area (Å²) in [7, 11) is 1.50. The van der Waals surface area contributed by atoms with Gasteiger partial charge in [0.05, 0.1) is 19.3 Å². The molecule has 0 aromatic carbocycles. The molecule has 0 radical (unpaired) electrons. The fourth-order valence-electron chi connectivity index (χ4n) is 1.99. The van der Waals surface area contributed by atoms with Crippen molar-refractivity contribution in [1.29, 1.82) is 0 Å². The van der Waals surface area contributed by atoms with Gasteiger partial charge >= 0.3 is 12.0 Å². The molecule has 1 aliphatic rings. The molecule has 3 N–H and O–H groups in total. The van der Waals surface area contributed by atoms with Crippen molar-refractivity contribution in [1.82, 2.24) is 15.5 Å². The summed E-state index contributed by atoms with van der Waals surface area (Å²) >= 11 is 0. The van der Waals surface area contributed by atoms with Crippen LogP contribution in [0.5, 0.6) is 0 Å². The minimum absolute atomic E-state index is 0.0868. The molecule has 1 rings (SSSR count). The van der Waals surface area contributed by atoms with Crippen LogP contribution in [0.25, 0.3) is 0 Å². The van der Waals surface area contributed by atoms with Crippen molar-refractivity contribution in [3.8, 4) is 0 Å². The van der Waals surface area contributed by atoms with Crippen LogP contribution >= 0.6 is 0 Å². The van der Waals surface area contributed by atoms with Crippen LogP contribution in [-0.4, -0.2) is 66.8 Å². The summed E-state index contributed by atoms with van der Waals surface area (Å²) in [5.74, 6) is -2.03. The molecule has 114 valence electrons. The molecule has 0 saturated carbocycles. The number of nitrogens with zero attached hydrogens (tertiary/aromatic N) is 1. The number of rotatable bonds is 5. The van der Waals surface area contributed by atoms with Crippen molar-refractivity contribution in [3.63, 3.8) is 0 Å². The average Bonchev–Trinajstić information content (AvgIpc) is 2.87. The highest BCUT2D eigenvalue weighted by Gasteiger charge is 2.38. The van der Waals surface area contributed by atoms with Gasteiger partial charge in [0, 0.05) is 13.6 Å². The van der Waals surface area contributed by atoms with Gasteiger partial charge in [-0.3, -0.25) is 9.59 Å². The molecule has 8 nitrogen and oxygen atoms in total. The Kier molecular flexibility index (Phi) is 5.75. The van der Waals surface area contributed by atoms with Gasteiger partial charge in [-0.2, -0.15) is 0 Å². The summed E-state index contributed by atoms with van der Waals surface area (Å²) in [6, 6.07) is -1.71. The molecule has 20 heavy (non-hydrogen) atoms. The van der Waals surface area contributed by atoms with E-state index in [0.717, 1.165) is 0 Å². The van der Waals surface area contributed by atoms with E-state index in [1.54, 1.807) is 13.8 Å². The predicted octanol–water partition coefficient (Wildman–Crippen LogP) is -0.748. The SMILES string of the molecule is CCNC(=O)C(C)NC(=O)N(C)C1COCC1C(=O)O. The standard InChI is InChI=1S/C12H21N3O5/c1-4-13-10(16)7(2)14-12(19)15(3)9-6-20-5-8(9)11(17)18/h7-9H,4-6H2,1-3H3,(H,13,16)(H,14,19)(H,17,18). The third-order valence-corrected chi connectivity index (χ3v) is 3.27. The Morgan fingerprint density at radius 1 is 1.40 bits per heavy atom. The normalized spacial score (nSPS) is 22.9. The summed E-state index contributed by atoms with van der Waals surface area (Å²) in [5.41, 5.74) is 0. The maximum absolute atomic E-state index is 12.0. The molecule has 3 atom stereocenters. The van der Waals surface area contributed by atoms with Gasteiger partial charge < -0.3 is 25.4 Å². The van der Waals surface area contributed by atoms with E-state index in [1.165, 1.54) is 11.9 Å². The fourth-order valence-corrected chi connectivity index (χ4v) is 1.99. The number of carbonyl (C=O) groups is 3. The van der Waals surface area contributed by atoms with Gasteiger partial charge in [-0.1, -0.05) is 0 Å². The molecule has 0 aromatic rings. The number of carbonyl (C=O) groups excluding carboxylic acids is 2. The first-order chi connectivity index (χ1) is 9.38. The molecular weight excluding hydrogens is 266 g/mol. The van der Waals surface area contributed by atoms with Gasteiger partial charge in [-0.15, -0.1) is 0 Å². The molecule has 1 aliphatic heterocycles. The van der Waals surface area contributed by atoms with Crippen molar-refractivity contribution >= 4 is 17.9 Å². The molecule has 3 amide bonds. The van der Waals surface area contributed by atoms with Crippen LogP contribution in [-0.2, 0) is 14.3 Å². The molecular formula is C12H21N3O5. The number of hydrogen-bond donors (Lipinski definition) is 3. The van der Waals surface area contributed by atoms with E-state index in [4.69, 9.17) is 9.84 Å². The predicted molar refractivity (Wildman–Crippen MR) is 70.2 cm³/mol. The van der Waals surface area contributed by atoms with Crippen LogP contribution in [0.15, 0.2) is 0 Å². The number of aliphatic carboxylic acids is 1. The molecule has 0 bridgehead atoms. The maximum Gasteiger partial charge on any atom is 0.318 e. The van der Waals surface area contributed by atoms with E-state index in [-0.39, 0.29) is 19.1 Å². The Bertz CT molecular complexity index is 387. The summed E-state index contributed by atoms with van der Waals surface area (Å²) < 4.78 is 5.11. The maximum atomic E-state index is 12.0. The minimum atomic E-state index is -0.996. The number of ether oxygens (including phenoxy) is 1. The lowest BCUT2D eigenvalue weighted by Crippen LogP contribution is -2.53. The molecule has 8 heteroatoms. The number of carboxylic acids is 1. The molecule has 3 unspecified atom stereocenters. The first kappa shape index (κ1) is 16.2. The van der Waals surface area contributed by atoms with Crippen LogP contribution in [0.4, 0.5) is 4.79 Å². The van der Waals surface area contributed by atoms with E-state index >= 15 is 0 Å². The molecule has 0 aromatic heterocycles. The molecule has 0 spiro atoms. The summed E-state index contributed by atoms with van der Waals surface area (Å²) in [4.78, 5) is 35.9. The zero-order valence-electron chi connectivity index (χ0n) is 11.9. The smallest absolute Gasteiger partial charge is 0.318 e. The highest BCUT2D eigenvalue weighted by atomic mass is 16.5. The second kappa shape index (κ2) is 7.09. The van der Waals surface area contributed by atoms with Crippen molar-refractivity contribution in [2.75, 3.05) is 26.8 Å². The van der Waals surface area contributed by atoms with Crippen molar-refractivity contribution < 1.29 is 24.2 Å². The molecule has 1 fully saturated rings. The third kappa shape index (κ3) is 3.83. The Labute approximate surface area is 117 Å². The van der Waals surface area contributed by atoms with Crippen LogP contribution in [0.3, 0.4) is 0 Å². The Morgan fingerprint density at radius 3 is 2.60 bits per heavy atom. The third-order valence-electron chi connectivity index (χ3n) is 3.27. The largest absolute Gasteiger partial charge is 0.481 e. The lowest BCUT2D eigenvalue weighted by molar-refractivity contribution is -0.142. The molecule has 0 aliphatic carbocycles. The summed E-state index contributed by atoms with van der Waals surface area (Å²) in [5, 5.41) is 14.2. The molecule has 1 saturated heterocycles. The summed E-state index contributed by atoms with van der Waals surface area (Å²) in [6.45, 7) is 4.09. The average molecular weight is 287 g/mol. The topological polar surface area (TPSA) is 108 Å². The number of likely N-dealkylation sites (N-methyl/N-ethyl adjacent to an activating group) is 2. The van der Waals surface area contributed by atoms with Crippen LogP contribution in [0, 0.1) is 5.92 Å². The van der Waals surface area contributed by atoms with Gasteiger partial charge in [0.1, 0.15) is 12.0 Å². The fraction of sp³-hybridized carbons (Fsp3) is 0.750. The van der Waals surface area contributed by atoms with Crippen molar-refractivity contribution in [3.05, 3.63) is 0 Å². The lowest BCUT2D eigenvalue weighted by atomic mass is 10.0. The van der Waals surface area contributed by atoms with Crippen LogP contribution in [0.2, 0.25) is 0 Å². The Hall–Kier alpha value is -1.83. The highest BCUT2D eigenvalue weighted by molar-refractivity contribution is 5.86. The van der Waals surface area contributed by atoms with Crippen molar-refractivity contribution in [2.45, 2.75) is 25.9 Å². The number of carboxylic acid groups (broad SMARTS) is 1. The van der Waals surface area contributed by atoms with Crippen molar-refractivity contribution in [2.24, 2.45) is 5.92 Å². The van der Waals surface area contributed by atoms with E-state index in [0.29, 0.717) is 6.54 Å². The number of urea groups is 1. The number of amides is 3. The number of hydrogen-bond acceptors (Lipinski definition) is 4. The van der Waals surface area contributed by atoms with Gasteiger partial charge in [-0.05, 0) is 13.8 Å². The minimum Gasteiger partial charge on any atom is -0.481 e. The van der Waals surface area contributed by atoms with Crippen LogP contribution in [0.1, 0.15) is 13.8 Å². The Balaban J connectivity index is 2.58. The zero-order valence-corrected chi connectivity index (χ0v) is 11.9. The van der Waals surface area contributed by atoms with E-state index in [1.807, 2.05) is 0 Å². The highest BCUT2D eigenvalue weighted by Crippen LogP contribution is 2.19. The van der Waals surface area contributed by atoms with Gasteiger partial charge in [0.2, 0.25) is 5.91 Å². The lowest BCUT2D eigenvalue weighted by Gasteiger charge is -2.27. The molecule has 1 heterocycles. The summed E-state index contributed by atoms with van der Waals surface area (Å²) in [6.07, 6.45) is 0. The van der Waals surface area contributed by atoms with Gasteiger partial charge in [-0.25, -0.2) is 4.79 Å². The monoisotopic (exact) mass is 287 g/mol. The zero-order chi connectivity index (χ0) is 15.3. The second-order valence-electron chi connectivity index (χ2n) is 4.73. The van der Waals surface area contributed by atoms with Crippen LogP contribution < -0.4 is 10.6 Å².